The van der Waals surface area contributed by atoms with E-state index in [-0.39, 0.29) is 11.8 Å². The van der Waals surface area contributed by atoms with E-state index >= 15 is 0 Å². The third-order valence-corrected chi connectivity index (χ3v) is 3.97. The number of carbonyl (C=O) groups is 2. The lowest BCUT2D eigenvalue weighted by molar-refractivity contribution is -0.115. The van der Waals surface area contributed by atoms with E-state index in [1.54, 1.807) is 12.1 Å². The molecule has 0 spiro atoms. The molecule has 0 aliphatic carbocycles. The normalized spacial score (nSPS) is 12.7. The Morgan fingerprint density at radius 2 is 2.00 bits per heavy atom. The fraction of sp³-hybridized carbons (Fsp3) is 0.125. The molecule has 0 fully saturated rings. The SMILES string of the molecule is O=C1Cc2cc(CNC(=O)c3ccc(Cl)cc3Cl)ccc2N1. The third-order valence-electron chi connectivity index (χ3n) is 3.42. The summed E-state index contributed by atoms with van der Waals surface area (Å²) in [6.45, 7) is 0.360. The highest BCUT2D eigenvalue weighted by Gasteiger charge is 2.17. The van der Waals surface area contributed by atoms with Gasteiger partial charge in [-0.15, -0.1) is 0 Å². The first kappa shape index (κ1) is 14.9. The molecule has 0 atom stereocenters. The van der Waals surface area contributed by atoms with Gasteiger partial charge in [0.25, 0.3) is 5.91 Å². The van der Waals surface area contributed by atoms with Crippen molar-refractivity contribution in [1.82, 2.24) is 5.32 Å². The van der Waals surface area contributed by atoms with E-state index in [1.165, 1.54) is 6.07 Å². The Labute approximate surface area is 137 Å². The monoisotopic (exact) mass is 334 g/mol. The van der Waals surface area contributed by atoms with Gasteiger partial charge in [-0.3, -0.25) is 9.59 Å². The molecule has 0 unspecified atom stereocenters. The Balaban J connectivity index is 1.69. The van der Waals surface area contributed by atoms with Crippen molar-refractivity contribution in [2.24, 2.45) is 0 Å². The highest BCUT2D eigenvalue weighted by molar-refractivity contribution is 6.36. The molecule has 0 saturated heterocycles. The summed E-state index contributed by atoms with van der Waals surface area (Å²) in [6, 6.07) is 10.4. The van der Waals surface area contributed by atoms with Crippen LogP contribution < -0.4 is 10.6 Å². The summed E-state index contributed by atoms with van der Waals surface area (Å²) < 4.78 is 0. The second-order valence-corrected chi connectivity index (χ2v) is 5.87. The van der Waals surface area contributed by atoms with Gasteiger partial charge in [0, 0.05) is 17.3 Å². The maximum atomic E-state index is 12.1. The van der Waals surface area contributed by atoms with E-state index in [0.717, 1.165) is 16.8 Å². The van der Waals surface area contributed by atoms with Crippen LogP contribution in [0.4, 0.5) is 5.69 Å². The first-order valence-corrected chi connectivity index (χ1v) is 7.43. The quantitative estimate of drug-likeness (QED) is 0.903. The van der Waals surface area contributed by atoms with Gasteiger partial charge in [0.15, 0.2) is 0 Å². The van der Waals surface area contributed by atoms with Crippen LogP contribution in [-0.4, -0.2) is 11.8 Å². The molecule has 1 aliphatic rings. The van der Waals surface area contributed by atoms with E-state index in [0.29, 0.717) is 28.6 Å². The lowest BCUT2D eigenvalue weighted by Gasteiger charge is -2.08. The van der Waals surface area contributed by atoms with Crippen molar-refractivity contribution in [2.75, 3.05) is 5.32 Å². The average molecular weight is 335 g/mol. The summed E-state index contributed by atoms with van der Waals surface area (Å²) in [6.07, 6.45) is 0.375. The zero-order valence-corrected chi connectivity index (χ0v) is 13.0. The highest BCUT2D eigenvalue weighted by Crippen LogP contribution is 2.24. The van der Waals surface area contributed by atoms with Crippen LogP contribution in [-0.2, 0) is 17.8 Å². The fourth-order valence-electron chi connectivity index (χ4n) is 2.34. The second kappa shape index (κ2) is 5.99. The number of benzene rings is 2. The van der Waals surface area contributed by atoms with Crippen LogP contribution in [0.2, 0.25) is 10.0 Å². The number of rotatable bonds is 3. The van der Waals surface area contributed by atoms with Crippen LogP contribution in [0.25, 0.3) is 0 Å². The maximum Gasteiger partial charge on any atom is 0.253 e. The standard InChI is InChI=1S/C16H12Cl2N2O2/c17-11-2-3-12(13(18)7-11)16(22)19-8-9-1-4-14-10(5-9)6-15(21)20-14/h1-5,7H,6,8H2,(H,19,22)(H,20,21). The zero-order chi connectivity index (χ0) is 15.7. The van der Waals surface area contributed by atoms with Crippen LogP contribution in [0, 0.1) is 0 Å². The largest absolute Gasteiger partial charge is 0.348 e. The molecule has 0 bridgehead atoms. The number of hydrogen-bond acceptors (Lipinski definition) is 2. The molecular weight excluding hydrogens is 323 g/mol. The van der Waals surface area contributed by atoms with Gasteiger partial charge < -0.3 is 10.6 Å². The minimum atomic E-state index is -0.267. The summed E-state index contributed by atoms with van der Waals surface area (Å²) in [5, 5.41) is 6.38. The second-order valence-electron chi connectivity index (χ2n) is 5.02. The van der Waals surface area contributed by atoms with Gasteiger partial charge in [0.2, 0.25) is 5.91 Å². The molecule has 2 N–H and O–H groups in total. The maximum absolute atomic E-state index is 12.1. The topological polar surface area (TPSA) is 58.2 Å². The molecule has 0 radical (unpaired) electrons. The first-order valence-electron chi connectivity index (χ1n) is 6.68. The molecule has 6 heteroatoms. The van der Waals surface area contributed by atoms with E-state index in [9.17, 15) is 9.59 Å². The van der Waals surface area contributed by atoms with Crippen molar-refractivity contribution in [3.05, 3.63) is 63.1 Å². The van der Waals surface area contributed by atoms with E-state index in [1.807, 2.05) is 18.2 Å². The van der Waals surface area contributed by atoms with E-state index in [4.69, 9.17) is 23.2 Å². The molecule has 2 amide bonds. The molecule has 1 heterocycles. The van der Waals surface area contributed by atoms with Gasteiger partial charge >= 0.3 is 0 Å². The third kappa shape index (κ3) is 3.08. The van der Waals surface area contributed by atoms with Crippen LogP contribution in [0.15, 0.2) is 36.4 Å². The van der Waals surface area contributed by atoms with E-state index in [2.05, 4.69) is 10.6 Å². The summed E-state index contributed by atoms with van der Waals surface area (Å²) >= 11 is 11.8. The van der Waals surface area contributed by atoms with Crippen molar-refractivity contribution >= 4 is 40.7 Å². The summed E-state index contributed by atoms with van der Waals surface area (Å²) in [4.78, 5) is 23.5. The molecule has 2 aromatic carbocycles. The van der Waals surface area contributed by atoms with Crippen LogP contribution in [0.5, 0.6) is 0 Å². The van der Waals surface area contributed by atoms with Gasteiger partial charge in [0.1, 0.15) is 0 Å². The molecule has 1 aliphatic heterocycles. The molecule has 22 heavy (non-hydrogen) atoms. The molecule has 3 rings (SSSR count). The van der Waals surface area contributed by atoms with Gasteiger partial charge in [-0.05, 0) is 35.4 Å². The number of nitrogens with one attached hydrogen (secondary N) is 2. The van der Waals surface area contributed by atoms with Crippen LogP contribution in [0.1, 0.15) is 21.5 Å². The Hall–Kier alpha value is -2.04. The minimum Gasteiger partial charge on any atom is -0.348 e. The zero-order valence-electron chi connectivity index (χ0n) is 11.5. The summed E-state index contributed by atoms with van der Waals surface area (Å²) in [5.41, 5.74) is 3.08. The predicted molar refractivity (Wildman–Crippen MR) is 86.4 cm³/mol. The van der Waals surface area contributed by atoms with Gasteiger partial charge in [-0.1, -0.05) is 35.3 Å². The Morgan fingerprint density at radius 1 is 1.18 bits per heavy atom. The Morgan fingerprint density at radius 3 is 2.77 bits per heavy atom. The number of carbonyl (C=O) groups excluding carboxylic acids is 2. The lowest BCUT2D eigenvalue weighted by atomic mass is 10.1. The smallest absolute Gasteiger partial charge is 0.253 e. The minimum absolute atomic E-state index is 0.0101. The van der Waals surface area contributed by atoms with Crippen molar-refractivity contribution in [3.8, 4) is 0 Å². The van der Waals surface area contributed by atoms with Gasteiger partial charge in [-0.2, -0.15) is 0 Å². The number of hydrogen-bond donors (Lipinski definition) is 2. The number of anilines is 1. The van der Waals surface area contributed by atoms with Gasteiger partial charge in [-0.25, -0.2) is 0 Å². The summed E-state index contributed by atoms with van der Waals surface area (Å²) in [5.74, 6) is -0.277. The number of fused-ring (bicyclic) bond motifs is 1. The molecule has 112 valence electrons. The van der Waals surface area contributed by atoms with Crippen molar-refractivity contribution in [3.63, 3.8) is 0 Å². The fourth-order valence-corrected chi connectivity index (χ4v) is 2.84. The highest BCUT2D eigenvalue weighted by atomic mass is 35.5. The average Bonchev–Trinajstić information content (AvgIpc) is 2.84. The van der Waals surface area contributed by atoms with E-state index < -0.39 is 0 Å². The first-order chi connectivity index (χ1) is 10.5. The number of amides is 2. The molecule has 2 aromatic rings. The summed E-state index contributed by atoms with van der Waals surface area (Å²) in [7, 11) is 0. The molecule has 4 nitrogen and oxygen atoms in total. The lowest BCUT2D eigenvalue weighted by Crippen LogP contribution is -2.23. The van der Waals surface area contributed by atoms with Crippen LogP contribution >= 0.6 is 23.2 Å². The predicted octanol–water partition coefficient (Wildman–Crippen LogP) is 3.42. The molecule has 0 aromatic heterocycles. The van der Waals surface area contributed by atoms with Crippen LogP contribution in [0.3, 0.4) is 0 Å². The Bertz CT molecular complexity index is 775. The molecular formula is C16H12Cl2N2O2. The molecule has 0 saturated carbocycles. The number of halogens is 2. The Kier molecular flexibility index (Phi) is 4.05. The van der Waals surface area contributed by atoms with Crippen molar-refractivity contribution in [2.45, 2.75) is 13.0 Å². The van der Waals surface area contributed by atoms with Crippen molar-refractivity contribution in [1.29, 1.82) is 0 Å². The van der Waals surface area contributed by atoms with Gasteiger partial charge in [0.05, 0.1) is 17.0 Å². The van der Waals surface area contributed by atoms with Crippen molar-refractivity contribution < 1.29 is 9.59 Å².